The summed E-state index contributed by atoms with van der Waals surface area (Å²) in [5.41, 5.74) is 6.41. The lowest BCUT2D eigenvalue weighted by Crippen LogP contribution is -2.10. The van der Waals surface area contributed by atoms with Gasteiger partial charge in [0.1, 0.15) is 11.3 Å². The highest BCUT2D eigenvalue weighted by Crippen LogP contribution is 2.33. The first-order chi connectivity index (χ1) is 7.61. The van der Waals surface area contributed by atoms with Crippen molar-refractivity contribution < 1.29 is 14.3 Å². The molecule has 88 valence electrons. The van der Waals surface area contributed by atoms with Crippen molar-refractivity contribution in [1.29, 1.82) is 0 Å². The van der Waals surface area contributed by atoms with Gasteiger partial charge in [-0.25, -0.2) is 4.79 Å². The molecule has 0 fully saturated rings. The monoisotopic (exact) mass is 287 g/mol. The summed E-state index contributed by atoms with van der Waals surface area (Å²) < 4.78 is 10.8. The number of ether oxygens (including phenoxy) is 2. The second kappa shape index (κ2) is 5.75. The number of esters is 1. The molecule has 0 aliphatic heterocycles. The molecule has 4 nitrogen and oxygen atoms in total. The smallest absolute Gasteiger partial charge is 0.341 e. The van der Waals surface area contributed by atoms with Gasteiger partial charge in [-0.2, -0.15) is 0 Å². The molecule has 0 unspecified atom stereocenters. The van der Waals surface area contributed by atoms with Gasteiger partial charge >= 0.3 is 5.97 Å². The lowest BCUT2D eigenvalue weighted by molar-refractivity contribution is 0.0526. The van der Waals surface area contributed by atoms with Crippen LogP contribution in [0.15, 0.2) is 16.6 Å². The van der Waals surface area contributed by atoms with Gasteiger partial charge in [0.2, 0.25) is 0 Å². The Bertz CT molecular complexity index is 393. The molecule has 0 bridgehead atoms. The SMILES string of the molecule is CCOC(=O)c1c(N)ccc(OCC)c1Br. The van der Waals surface area contributed by atoms with Gasteiger partial charge in [0.05, 0.1) is 17.7 Å². The number of carbonyl (C=O) groups is 1. The fourth-order valence-corrected chi connectivity index (χ4v) is 1.89. The molecule has 0 radical (unpaired) electrons. The van der Waals surface area contributed by atoms with Crippen molar-refractivity contribution in [2.75, 3.05) is 18.9 Å². The van der Waals surface area contributed by atoms with Crippen molar-refractivity contribution in [3.63, 3.8) is 0 Å². The van der Waals surface area contributed by atoms with Crippen molar-refractivity contribution in [2.24, 2.45) is 0 Å². The largest absolute Gasteiger partial charge is 0.493 e. The number of benzene rings is 1. The third-order valence-electron chi connectivity index (χ3n) is 1.92. The second-order valence-electron chi connectivity index (χ2n) is 3.00. The lowest BCUT2D eigenvalue weighted by Gasteiger charge is -2.11. The van der Waals surface area contributed by atoms with Crippen LogP contribution in [0.1, 0.15) is 24.2 Å². The second-order valence-corrected chi connectivity index (χ2v) is 3.79. The molecule has 0 aliphatic rings. The molecule has 0 atom stereocenters. The van der Waals surface area contributed by atoms with E-state index >= 15 is 0 Å². The maximum absolute atomic E-state index is 11.7. The van der Waals surface area contributed by atoms with Crippen molar-refractivity contribution in [2.45, 2.75) is 13.8 Å². The Balaban J connectivity index is 3.15. The van der Waals surface area contributed by atoms with E-state index in [0.717, 1.165) is 0 Å². The number of carbonyl (C=O) groups excluding carboxylic acids is 1. The summed E-state index contributed by atoms with van der Waals surface area (Å²) in [5, 5.41) is 0. The van der Waals surface area contributed by atoms with Crippen molar-refractivity contribution in [3.8, 4) is 5.75 Å². The number of nitrogens with two attached hydrogens (primary N) is 1. The topological polar surface area (TPSA) is 61.5 Å². The van der Waals surface area contributed by atoms with Crippen LogP contribution in [-0.4, -0.2) is 19.2 Å². The third kappa shape index (κ3) is 2.66. The predicted octanol–water partition coefficient (Wildman–Crippen LogP) is 2.61. The number of rotatable bonds is 4. The predicted molar refractivity (Wildman–Crippen MR) is 65.7 cm³/mol. The van der Waals surface area contributed by atoms with Gasteiger partial charge < -0.3 is 15.2 Å². The number of halogens is 1. The van der Waals surface area contributed by atoms with Gasteiger partial charge in [0.15, 0.2) is 0 Å². The molecule has 0 aromatic heterocycles. The molecule has 1 aromatic rings. The van der Waals surface area contributed by atoms with Crippen LogP contribution in [-0.2, 0) is 4.74 Å². The van der Waals surface area contributed by atoms with E-state index in [-0.39, 0.29) is 0 Å². The van der Waals surface area contributed by atoms with Crippen LogP contribution in [0.2, 0.25) is 0 Å². The van der Waals surface area contributed by atoms with Crippen LogP contribution in [0.25, 0.3) is 0 Å². The van der Waals surface area contributed by atoms with Crippen LogP contribution in [0.4, 0.5) is 5.69 Å². The van der Waals surface area contributed by atoms with Crippen LogP contribution in [0.3, 0.4) is 0 Å². The summed E-state index contributed by atoms with van der Waals surface area (Å²) in [6, 6.07) is 3.34. The molecule has 2 N–H and O–H groups in total. The highest BCUT2D eigenvalue weighted by atomic mass is 79.9. The minimum absolute atomic E-state index is 0.309. The number of anilines is 1. The first-order valence-corrected chi connectivity index (χ1v) is 5.79. The fraction of sp³-hybridized carbons (Fsp3) is 0.364. The number of hydrogen-bond donors (Lipinski definition) is 1. The summed E-state index contributed by atoms with van der Waals surface area (Å²) in [7, 11) is 0. The molecule has 0 heterocycles. The Kier molecular flexibility index (Phi) is 4.61. The molecule has 0 saturated heterocycles. The molecule has 0 aliphatic carbocycles. The molecule has 5 heteroatoms. The van der Waals surface area contributed by atoms with E-state index in [4.69, 9.17) is 15.2 Å². The molecule has 0 amide bonds. The first-order valence-electron chi connectivity index (χ1n) is 4.99. The molecule has 0 saturated carbocycles. The Labute approximate surface area is 103 Å². The molecular weight excluding hydrogens is 274 g/mol. The van der Waals surface area contributed by atoms with Crippen LogP contribution in [0.5, 0.6) is 5.75 Å². The van der Waals surface area contributed by atoms with E-state index in [9.17, 15) is 4.79 Å². The van der Waals surface area contributed by atoms with E-state index in [1.807, 2.05) is 6.92 Å². The van der Waals surface area contributed by atoms with Crippen LogP contribution < -0.4 is 10.5 Å². The Morgan fingerprint density at radius 2 is 2.06 bits per heavy atom. The van der Waals surface area contributed by atoms with Crippen molar-refractivity contribution in [3.05, 3.63) is 22.2 Å². The highest BCUT2D eigenvalue weighted by molar-refractivity contribution is 9.10. The van der Waals surface area contributed by atoms with Gasteiger partial charge in [0, 0.05) is 5.69 Å². The summed E-state index contributed by atoms with van der Waals surface area (Å²) in [6.07, 6.45) is 0. The van der Waals surface area contributed by atoms with E-state index in [2.05, 4.69) is 15.9 Å². The number of hydrogen-bond acceptors (Lipinski definition) is 4. The lowest BCUT2D eigenvalue weighted by atomic mass is 10.1. The van der Waals surface area contributed by atoms with Gasteiger partial charge in [-0.1, -0.05) is 0 Å². The normalized spacial score (nSPS) is 9.94. The van der Waals surface area contributed by atoms with E-state index < -0.39 is 5.97 Å². The zero-order valence-corrected chi connectivity index (χ0v) is 10.8. The summed E-state index contributed by atoms with van der Waals surface area (Å²) in [6.45, 7) is 4.44. The summed E-state index contributed by atoms with van der Waals surface area (Å²) in [5.74, 6) is 0.133. The van der Waals surface area contributed by atoms with E-state index in [1.165, 1.54) is 0 Å². The quantitative estimate of drug-likeness (QED) is 0.683. The van der Waals surface area contributed by atoms with Gasteiger partial charge in [-0.15, -0.1) is 0 Å². The average molecular weight is 288 g/mol. The standard InChI is InChI=1S/C11H14BrNO3/c1-3-15-8-6-5-7(13)9(10(8)12)11(14)16-4-2/h5-6H,3-4,13H2,1-2H3. The van der Waals surface area contributed by atoms with Gasteiger partial charge in [0.25, 0.3) is 0 Å². The maximum atomic E-state index is 11.7. The zero-order chi connectivity index (χ0) is 12.1. The summed E-state index contributed by atoms with van der Waals surface area (Å²) >= 11 is 3.30. The van der Waals surface area contributed by atoms with E-state index in [1.54, 1.807) is 19.1 Å². The number of nitrogen functional groups attached to an aromatic ring is 1. The molecule has 1 aromatic carbocycles. The fourth-order valence-electron chi connectivity index (χ4n) is 1.25. The molecule has 1 rings (SSSR count). The van der Waals surface area contributed by atoms with E-state index in [0.29, 0.717) is 34.7 Å². The minimum Gasteiger partial charge on any atom is -0.493 e. The maximum Gasteiger partial charge on any atom is 0.341 e. The van der Waals surface area contributed by atoms with Gasteiger partial charge in [-0.05, 0) is 41.9 Å². The Morgan fingerprint density at radius 3 is 2.62 bits per heavy atom. The molecule has 0 spiro atoms. The average Bonchev–Trinajstić information content (AvgIpc) is 2.23. The minimum atomic E-state index is -0.451. The zero-order valence-electron chi connectivity index (χ0n) is 9.25. The van der Waals surface area contributed by atoms with Crippen LogP contribution >= 0.6 is 15.9 Å². The van der Waals surface area contributed by atoms with Crippen molar-refractivity contribution in [1.82, 2.24) is 0 Å². The molecular formula is C11H14BrNO3. The third-order valence-corrected chi connectivity index (χ3v) is 2.71. The highest BCUT2D eigenvalue weighted by Gasteiger charge is 2.18. The Hall–Kier alpha value is -1.23. The van der Waals surface area contributed by atoms with Crippen LogP contribution in [0, 0.1) is 0 Å². The Morgan fingerprint density at radius 1 is 1.38 bits per heavy atom. The first kappa shape index (κ1) is 12.8. The van der Waals surface area contributed by atoms with Crippen molar-refractivity contribution >= 4 is 27.6 Å². The van der Waals surface area contributed by atoms with Gasteiger partial charge in [-0.3, -0.25) is 0 Å². The molecule has 16 heavy (non-hydrogen) atoms. The summed E-state index contributed by atoms with van der Waals surface area (Å²) in [4.78, 5) is 11.7.